The Kier molecular flexibility index (Phi) is 5.93. The van der Waals surface area contributed by atoms with Gasteiger partial charge in [0.1, 0.15) is 23.8 Å². The first-order valence-electron chi connectivity index (χ1n) is 8.72. The maximum absolute atomic E-state index is 8.81. The first-order valence-corrected chi connectivity index (χ1v) is 10.2. The summed E-state index contributed by atoms with van der Waals surface area (Å²) in [5, 5.41) is 17.2. The molecule has 1 aliphatic rings. The molecular formula is C20H14Cl4N2O3. The van der Waals surface area contributed by atoms with Crippen molar-refractivity contribution in [3.63, 3.8) is 0 Å². The lowest BCUT2D eigenvalue weighted by molar-refractivity contribution is 0.300. The number of oxime groups is 1. The lowest BCUT2D eigenvalue weighted by Crippen LogP contribution is -2.01. The van der Waals surface area contributed by atoms with Crippen LogP contribution in [0.1, 0.15) is 35.6 Å². The molecule has 1 saturated carbocycles. The Morgan fingerprint density at radius 1 is 1.14 bits per heavy atom. The number of benzene rings is 2. The van der Waals surface area contributed by atoms with Crippen molar-refractivity contribution in [2.45, 2.75) is 25.4 Å². The van der Waals surface area contributed by atoms with Gasteiger partial charge in [-0.25, -0.2) is 0 Å². The summed E-state index contributed by atoms with van der Waals surface area (Å²) >= 11 is 24.8. The maximum Gasteiger partial charge on any atom is 0.176 e. The number of hydrogen-bond acceptors (Lipinski definition) is 5. The first kappa shape index (κ1) is 20.4. The number of aromatic nitrogens is 1. The molecule has 9 heteroatoms. The molecule has 0 bridgehead atoms. The number of rotatable bonds is 6. The van der Waals surface area contributed by atoms with Gasteiger partial charge < -0.3 is 14.5 Å². The van der Waals surface area contributed by atoms with Crippen LogP contribution in [0.2, 0.25) is 15.1 Å². The van der Waals surface area contributed by atoms with Crippen LogP contribution in [0.5, 0.6) is 5.75 Å². The molecule has 1 aliphatic carbocycles. The van der Waals surface area contributed by atoms with E-state index in [1.54, 1.807) is 36.4 Å². The highest BCUT2D eigenvalue weighted by Crippen LogP contribution is 2.46. The van der Waals surface area contributed by atoms with Crippen molar-refractivity contribution in [1.29, 1.82) is 0 Å². The van der Waals surface area contributed by atoms with Gasteiger partial charge in [-0.2, -0.15) is 0 Å². The number of halogens is 4. The van der Waals surface area contributed by atoms with E-state index in [2.05, 4.69) is 10.3 Å². The molecule has 5 nitrogen and oxygen atoms in total. The van der Waals surface area contributed by atoms with E-state index < -0.39 is 0 Å². The third kappa shape index (κ3) is 4.19. The van der Waals surface area contributed by atoms with E-state index in [1.807, 2.05) is 0 Å². The Hall–Kier alpha value is -1.92. The Morgan fingerprint density at radius 2 is 1.86 bits per heavy atom. The molecule has 2 aromatic carbocycles. The van der Waals surface area contributed by atoms with E-state index in [0.29, 0.717) is 43.6 Å². The fraction of sp³-hybridized carbons (Fsp3) is 0.200. The standard InChI is InChI=1S/C20H14Cl4N2O3/c21-14-2-1-3-15(22)17(14)18-13(19(29-26-18)10-4-5-10)9-28-11-6-7-12(16(23)8-11)20(24)25-27/h1-3,6-8,10,27H,4-5,9H2/b25-20-. The molecule has 1 heterocycles. The van der Waals surface area contributed by atoms with Crippen molar-refractivity contribution < 1.29 is 14.5 Å². The first-order chi connectivity index (χ1) is 14.0. The van der Waals surface area contributed by atoms with Gasteiger partial charge in [0.2, 0.25) is 0 Å². The third-order valence-electron chi connectivity index (χ3n) is 4.60. The van der Waals surface area contributed by atoms with E-state index >= 15 is 0 Å². The average molecular weight is 472 g/mol. The van der Waals surface area contributed by atoms with Gasteiger partial charge >= 0.3 is 0 Å². The zero-order valence-electron chi connectivity index (χ0n) is 14.8. The largest absolute Gasteiger partial charge is 0.489 e. The molecule has 0 amide bonds. The summed E-state index contributed by atoms with van der Waals surface area (Å²) in [7, 11) is 0. The normalized spacial score (nSPS) is 14.3. The fourth-order valence-corrected chi connectivity index (χ4v) is 4.06. The summed E-state index contributed by atoms with van der Waals surface area (Å²) in [5.41, 5.74) is 2.39. The zero-order valence-corrected chi connectivity index (χ0v) is 17.9. The van der Waals surface area contributed by atoms with E-state index in [9.17, 15) is 0 Å². The number of ether oxygens (including phenoxy) is 1. The van der Waals surface area contributed by atoms with Crippen LogP contribution in [-0.2, 0) is 6.61 Å². The molecule has 150 valence electrons. The molecule has 3 aromatic rings. The second-order valence-corrected chi connectivity index (χ2v) is 8.15. The van der Waals surface area contributed by atoms with Crippen molar-refractivity contribution in [2.75, 3.05) is 0 Å². The number of hydrogen-bond donors (Lipinski definition) is 1. The minimum Gasteiger partial charge on any atom is -0.489 e. The van der Waals surface area contributed by atoms with Crippen LogP contribution < -0.4 is 4.74 Å². The van der Waals surface area contributed by atoms with Crippen LogP contribution in [0.15, 0.2) is 46.1 Å². The van der Waals surface area contributed by atoms with Crippen molar-refractivity contribution >= 4 is 51.6 Å². The molecule has 0 aliphatic heterocycles. The Morgan fingerprint density at radius 3 is 2.48 bits per heavy atom. The quantitative estimate of drug-likeness (QED) is 0.236. The van der Waals surface area contributed by atoms with Crippen LogP contribution >= 0.6 is 46.4 Å². The summed E-state index contributed by atoms with van der Waals surface area (Å²) in [4.78, 5) is 0. The topological polar surface area (TPSA) is 67.9 Å². The Labute approximate surface area is 186 Å². The second-order valence-electron chi connectivity index (χ2n) is 6.57. The molecular weight excluding hydrogens is 458 g/mol. The van der Waals surface area contributed by atoms with Crippen molar-refractivity contribution in [1.82, 2.24) is 5.16 Å². The van der Waals surface area contributed by atoms with Gasteiger partial charge in [-0.3, -0.25) is 0 Å². The van der Waals surface area contributed by atoms with Crippen LogP contribution in [0.25, 0.3) is 11.3 Å². The predicted octanol–water partition coefficient (Wildman–Crippen LogP) is 7.13. The van der Waals surface area contributed by atoms with Crippen molar-refractivity contribution in [3.05, 3.63) is 68.4 Å². The SMILES string of the molecule is O/N=C(\Cl)c1ccc(OCc2c(-c3c(Cl)cccc3Cl)noc2C2CC2)cc1Cl. The van der Waals surface area contributed by atoms with E-state index in [4.69, 9.17) is 60.9 Å². The minimum atomic E-state index is -0.104. The van der Waals surface area contributed by atoms with Gasteiger partial charge in [-0.1, -0.05) is 62.8 Å². The summed E-state index contributed by atoms with van der Waals surface area (Å²) < 4.78 is 11.6. The summed E-state index contributed by atoms with van der Waals surface area (Å²) in [6, 6.07) is 10.2. The molecule has 0 saturated heterocycles. The van der Waals surface area contributed by atoms with E-state index in [1.165, 1.54) is 0 Å². The van der Waals surface area contributed by atoms with Gasteiger partial charge in [0.05, 0.1) is 20.6 Å². The summed E-state index contributed by atoms with van der Waals surface area (Å²) in [6.07, 6.45) is 2.08. The maximum atomic E-state index is 8.81. The van der Waals surface area contributed by atoms with Gasteiger partial charge in [0.15, 0.2) is 5.17 Å². The molecule has 4 rings (SSSR count). The zero-order chi connectivity index (χ0) is 20.5. The smallest absolute Gasteiger partial charge is 0.176 e. The fourth-order valence-electron chi connectivity index (χ4n) is 3.01. The van der Waals surface area contributed by atoms with Gasteiger partial charge in [-0.05, 0) is 43.2 Å². The highest BCUT2D eigenvalue weighted by Gasteiger charge is 2.33. The van der Waals surface area contributed by atoms with Crippen LogP contribution in [-0.4, -0.2) is 15.5 Å². The molecule has 29 heavy (non-hydrogen) atoms. The van der Waals surface area contributed by atoms with Gasteiger partial charge in [0.25, 0.3) is 0 Å². The highest BCUT2D eigenvalue weighted by atomic mass is 35.5. The monoisotopic (exact) mass is 470 g/mol. The van der Waals surface area contributed by atoms with Crippen LogP contribution in [0, 0.1) is 0 Å². The van der Waals surface area contributed by atoms with Crippen molar-refractivity contribution in [2.24, 2.45) is 5.16 Å². The average Bonchev–Trinajstić information content (AvgIpc) is 3.46. The Balaban J connectivity index is 1.65. The van der Waals surface area contributed by atoms with Gasteiger partial charge in [0, 0.05) is 17.0 Å². The second kappa shape index (κ2) is 8.44. The molecule has 1 fully saturated rings. The number of nitrogens with zero attached hydrogens (tertiary/aromatic N) is 2. The molecule has 0 radical (unpaired) electrons. The lowest BCUT2D eigenvalue weighted by Gasteiger charge is -2.10. The van der Waals surface area contributed by atoms with Crippen molar-refractivity contribution in [3.8, 4) is 17.0 Å². The lowest BCUT2D eigenvalue weighted by atomic mass is 10.0. The molecule has 0 spiro atoms. The van der Waals surface area contributed by atoms with E-state index in [0.717, 1.165) is 24.2 Å². The minimum absolute atomic E-state index is 0.104. The van der Waals surface area contributed by atoms with Gasteiger partial charge in [-0.15, -0.1) is 0 Å². The van der Waals surface area contributed by atoms with Crippen LogP contribution in [0.4, 0.5) is 0 Å². The van der Waals surface area contributed by atoms with Crippen LogP contribution in [0.3, 0.4) is 0 Å². The summed E-state index contributed by atoms with van der Waals surface area (Å²) in [5.74, 6) is 1.62. The third-order valence-corrected chi connectivity index (χ3v) is 5.82. The molecule has 0 atom stereocenters. The summed E-state index contributed by atoms with van der Waals surface area (Å²) in [6.45, 7) is 0.198. The molecule has 1 N–H and O–H groups in total. The molecule has 0 unspecified atom stereocenters. The van der Waals surface area contributed by atoms with E-state index in [-0.39, 0.29) is 11.8 Å². The highest BCUT2D eigenvalue weighted by molar-refractivity contribution is 6.70. The predicted molar refractivity (Wildman–Crippen MR) is 114 cm³/mol. The Bertz CT molecular complexity index is 1070. The molecule has 1 aromatic heterocycles.